The molecule has 6 rings (SSSR count). The van der Waals surface area contributed by atoms with Crippen molar-refractivity contribution >= 4 is 31.1 Å². The summed E-state index contributed by atoms with van der Waals surface area (Å²) in [5, 5.41) is 24.7. The largest absolute Gasteiger partial charge is 2.00 e. The standard InChI is InChI=1S/2C14H17.2C11H16O.C2H6Si.Zr/c2*1-9(2)12-7-11(4)14-6-10(3)5-13(14)8-12;2*1-8-5-6-10(12)9(7-8)11(2,3)4;1-3-2;/h2*5-9H,1-4H3;2*5-7,12H,1-4H3;1-2H3;/q2*-1;;;;+2. The number of phenols is 2. The first kappa shape index (κ1) is 50.8. The number of rotatable bonds is 2. The van der Waals surface area contributed by atoms with E-state index in [2.05, 4.69) is 159 Å². The minimum atomic E-state index is 0. The fraction of sp³-hybridized carbons (Fsp3) is 0.423. The Balaban J connectivity index is 0.000000363. The van der Waals surface area contributed by atoms with Gasteiger partial charge >= 0.3 is 26.2 Å². The molecule has 0 amide bonds. The molecule has 0 aliphatic rings. The van der Waals surface area contributed by atoms with Crippen molar-refractivity contribution in [2.45, 2.75) is 147 Å². The van der Waals surface area contributed by atoms with Gasteiger partial charge in [-0.25, -0.2) is 0 Å². The van der Waals surface area contributed by atoms with Crippen LogP contribution in [-0.4, -0.2) is 19.7 Å². The Morgan fingerprint density at radius 3 is 1.05 bits per heavy atom. The molecule has 2 nitrogen and oxygen atoms in total. The van der Waals surface area contributed by atoms with Crippen LogP contribution in [0.2, 0.25) is 13.1 Å². The Kier molecular flexibility index (Phi) is 20.0. The van der Waals surface area contributed by atoms with Crippen molar-refractivity contribution in [1.29, 1.82) is 0 Å². The van der Waals surface area contributed by atoms with Gasteiger partial charge < -0.3 is 10.2 Å². The molecule has 2 radical (unpaired) electrons. The summed E-state index contributed by atoms with van der Waals surface area (Å²) in [5.41, 5.74) is 12.9. The predicted molar refractivity (Wildman–Crippen MR) is 247 cm³/mol. The van der Waals surface area contributed by atoms with Crippen molar-refractivity contribution in [3.63, 3.8) is 0 Å². The van der Waals surface area contributed by atoms with Crippen LogP contribution in [-0.2, 0) is 37.0 Å². The van der Waals surface area contributed by atoms with Crippen molar-refractivity contribution in [3.05, 3.63) is 141 Å². The van der Waals surface area contributed by atoms with Crippen LogP contribution in [0.1, 0.15) is 137 Å². The second-order valence-corrected chi connectivity index (χ2v) is 19.1. The average molecular weight is 848 g/mol. The summed E-state index contributed by atoms with van der Waals surface area (Å²) >= 11 is 0. The fourth-order valence-corrected chi connectivity index (χ4v) is 6.54. The second-order valence-electron chi connectivity index (χ2n) is 18.1. The quantitative estimate of drug-likeness (QED) is 0.135. The molecular formula is C52H72O2SiZr. The minimum absolute atomic E-state index is 0. The second kappa shape index (κ2) is 22.1. The van der Waals surface area contributed by atoms with Crippen LogP contribution >= 0.6 is 0 Å². The van der Waals surface area contributed by atoms with Crippen LogP contribution in [0.3, 0.4) is 0 Å². The molecule has 56 heavy (non-hydrogen) atoms. The topological polar surface area (TPSA) is 40.5 Å². The van der Waals surface area contributed by atoms with E-state index in [1.807, 2.05) is 38.1 Å². The van der Waals surface area contributed by atoms with E-state index >= 15 is 0 Å². The monoisotopic (exact) mass is 846 g/mol. The van der Waals surface area contributed by atoms with Crippen LogP contribution in [0, 0.1) is 41.5 Å². The summed E-state index contributed by atoms with van der Waals surface area (Å²) in [7, 11) is 1.08. The van der Waals surface area contributed by atoms with Gasteiger partial charge in [0.15, 0.2) is 0 Å². The van der Waals surface area contributed by atoms with Crippen LogP contribution in [0.4, 0.5) is 0 Å². The molecule has 2 N–H and O–H groups in total. The van der Waals surface area contributed by atoms with Crippen LogP contribution in [0.25, 0.3) is 21.5 Å². The zero-order valence-electron chi connectivity index (χ0n) is 38.1. The Morgan fingerprint density at radius 2 is 0.804 bits per heavy atom. The molecule has 6 aromatic carbocycles. The summed E-state index contributed by atoms with van der Waals surface area (Å²) in [6.45, 7) is 38.7. The van der Waals surface area contributed by atoms with Gasteiger partial charge in [-0.05, 0) is 73.6 Å². The molecular weight excluding hydrogens is 776 g/mol. The molecule has 6 aromatic rings. The van der Waals surface area contributed by atoms with Gasteiger partial charge in [0.1, 0.15) is 11.5 Å². The number of hydrogen-bond acceptors (Lipinski definition) is 2. The number of fused-ring (bicyclic) bond motifs is 2. The Labute approximate surface area is 363 Å². The summed E-state index contributed by atoms with van der Waals surface area (Å²) in [4.78, 5) is 0. The average Bonchev–Trinajstić information content (AvgIpc) is 3.65. The summed E-state index contributed by atoms with van der Waals surface area (Å²) < 4.78 is 0. The van der Waals surface area contributed by atoms with Gasteiger partial charge in [0, 0.05) is 9.52 Å². The van der Waals surface area contributed by atoms with E-state index in [4.69, 9.17) is 0 Å². The van der Waals surface area contributed by atoms with Gasteiger partial charge in [0.05, 0.1) is 0 Å². The van der Waals surface area contributed by atoms with Crippen molar-refractivity contribution < 1.29 is 36.4 Å². The fourth-order valence-electron chi connectivity index (χ4n) is 6.54. The normalized spacial score (nSPS) is 11.1. The van der Waals surface area contributed by atoms with E-state index in [1.165, 1.54) is 66.1 Å². The number of aromatic hydroxyl groups is 2. The zero-order valence-corrected chi connectivity index (χ0v) is 41.6. The van der Waals surface area contributed by atoms with E-state index < -0.39 is 0 Å². The van der Waals surface area contributed by atoms with Crippen molar-refractivity contribution in [2.24, 2.45) is 0 Å². The molecule has 0 spiro atoms. The van der Waals surface area contributed by atoms with Gasteiger partial charge in [-0.3, -0.25) is 0 Å². The van der Waals surface area contributed by atoms with E-state index in [9.17, 15) is 10.2 Å². The summed E-state index contributed by atoms with van der Waals surface area (Å²) in [6, 6.07) is 29.8. The molecule has 0 aliphatic heterocycles. The van der Waals surface area contributed by atoms with Crippen molar-refractivity contribution in [2.75, 3.05) is 0 Å². The maximum absolute atomic E-state index is 9.57. The van der Waals surface area contributed by atoms with Gasteiger partial charge in [-0.2, -0.15) is 12.1 Å². The molecule has 0 fully saturated rings. The van der Waals surface area contributed by atoms with Gasteiger partial charge in [0.2, 0.25) is 0 Å². The minimum Gasteiger partial charge on any atom is -0.508 e. The van der Waals surface area contributed by atoms with Crippen LogP contribution in [0.5, 0.6) is 11.5 Å². The molecule has 300 valence electrons. The van der Waals surface area contributed by atoms with E-state index in [0.29, 0.717) is 23.3 Å². The van der Waals surface area contributed by atoms with E-state index in [1.54, 1.807) is 12.1 Å². The van der Waals surface area contributed by atoms with Gasteiger partial charge in [0.25, 0.3) is 0 Å². The molecule has 0 unspecified atom stereocenters. The maximum Gasteiger partial charge on any atom is 2.00 e. The van der Waals surface area contributed by atoms with Crippen LogP contribution in [0.15, 0.2) is 84.9 Å². The predicted octanol–water partition coefficient (Wildman–Crippen LogP) is 15.4. The van der Waals surface area contributed by atoms with Gasteiger partial charge in [-0.1, -0.05) is 166 Å². The Morgan fingerprint density at radius 1 is 0.500 bits per heavy atom. The maximum atomic E-state index is 9.57. The van der Waals surface area contributed by atoms with Crippen LogP contribution < -0.4 is 0 Å². The molecule has 0 aromatic heterocycles. The van der Waals surface area contributed by atoms with E-state index in [-0.39, 0.29) is 37.0 Å². The van der Waals surface area contributed by atoms with Gasteiger partial charge in [-0.15, -0.1) is 56.9 Å². The number of phenolic OH excluding ortho intramolecular Hbond substituents is 2. The van der Waals surface area contributed by atoms with Crippen molar-refractivity contribution in [3.8, 4) is 11.5 Å². The number of hydrogen-bond donors (Lipinski definition) is 2. The SMILES string of the molecule is C[Si]C.Cc1cc2c(C)cc(C(C)C)cc2[cH-]1.Cc1cc2c(C)cc(C(C)C)cc2[cH-]1.Cc1ccc(O)c(C(C)(C)C)c1.Cc1ccc(O)c(C(C)(C)C)c1.[Zr+2]. The molecule has 0 atom stereocenters. The zero-order chi connectivity index (χ0) is 42.0. The first-order chi connectivity index (χ1) is 25.4. The molecule has 0 heterocycles. The first-order valence-electron chi connectivity index (χ1n) is 19.9. The Bertz CT molecular complexity index is 1960. The third-order valence-corrected chi connectivity index (χ3v) is 9.65. The Hall–Kier alpha value is -3.20. The molecule has 0 aliphatic carbocycles. The summed E-state index contributed by atoms with van der Waals surface area (Å²) in [5.74, 6) is 2.03. The molecule has 0 saturated carbocycles. The third kappa shape index (κ3) is 15.3. The molecule has 4 heteroatoms. The first-order valence-corrected chi connectivity index (χ1v) is 21.9. The van der Waals surface area contributed by atoms with Crippen molar-refractivity contribution in [1.82, 2.24) is 0 Å². The number of aryl methyl sites for hydroxylation is 6. The smallest absolute Gasteiger partial charge is 0.508 e. The number of benzene rings is 4. The van der Waals surface area contributed by atoms with E-state index in [0.717, 1.165) is 20.6 Å². The molecule has 0 bridgehead atoms. The molecule has 0 saturated heterocycles. The summed E-state index contributed by atoms with van der Waals surface area (Å²) in [6.07, 6.45) is 0. The third-order valence-electron chi connectivity index (χ3n) is 9.65.